The van der Waals surface area contributed by atoms with Gasteiger partial charge < -0.3 is 14.8 Å². The molecule has 0 saturated heterocycles. The smallest absolute Gasteiger partial charge is 0.271 e. The van der Waals surface area contributed by atoms with Crippen molar-refractivity contribution in [3.63, 3.8) is 0 Å². The van der Waals surface area contributed by atoms with Gasteiger partial charge in [0.2, 0.25) is 0 Å². The van der Waals surface area contributed by atoms with Gasteiger partial charge in [0.25, 0.3) is 5.91 Å². The third kappa shape index (κ3) is 4.18. The van der Waals surface area contributed by atoms with E-state index in [2.05, 4.69) is 15.3 Å². The van der Waals surface area contributed by atoms with Crippen LogP contribution in [0.25, 0.3) is 10.6 Å². The molecule has 0 aliphatic carbocycles. The van der Waals surface area contributed by atoms with E-state index >= 15 is 0 Å². The average molecular weight is 369 g/mol. The van der Waals surface area contributed by atoms with E-state index < -0.39 is 0 Å². The summed E-state index contributed by atoms with van der Waals surface area (Å²) in [5.74, 6) is 1.12. The quantitative estimate of drug-likeness (QED) is 0.689. The number of pyridine rings is 1. The molecule has 0 aliphatic heterocycles. The Hall–Kier alpha value is -2.93. The van der Waals surface area contributed by atoms with Crippen LogP contribution < -0.4 is 14.8 Å². The minimum atomic E-state index is -0.214. The van der Waals surface area contributed by atoms with E-state index in [-0.39, 0.29) is 5.91 Å². The maximum Gasteiger partial charge on any atom is 0.271 e. The summed E-state index contributed by atoms with van der Waals surface area (Å²) in [6.07, 6.45) is 3.41. The number of rotatable bonds is 7. The third-order valence-electron chi connectivity index (χ3n) is 3.65. The summed E-state index contributed by atoms with van der Waals surface area (Å²) in [5.41, 5.74) is 2.27. The maximum absolute atomic E-state index is 12.4. The Bertz CT molecular complexity index is 881. The van der Waals surface area contributed by atoms with Crippen LogP contribution in [0.4, 0.5) is 0 Å². The number of nitrogens with zero attached hydrogens (tertiary/aromatic N) is 2. The van der Waals surface area contributed by atoms with Crippen LogP contribution in [-0.4, -0.2) is 29.6 Å². The molecule has 2 heterocycles. The first-order valence-electron chi connectivity index (χ1n) is 8.15. The predicted molar refractivity (Wildman–Crippen MR) is 101 cm³/mol. The van der Waals surface area contributed by atoms with Crippen molar-refractivity contribution in [3.8, 4) is 22.1 Å². The third-order valence-corrected chi connectivity index (χ3v) is 4.54. The lowest BCUT2D eigenvalue weighted by Gasteiger charge is -2.11. The Balaban J connectivity index is 1.65. The number of methoxy groups -OCH3 is 1. The maximum atomic E-state index is 12.4. The monoisotopic (exact) mass is 369 g/mol. The zero-order chi connectivity index (χ0) is 18.4. The Labute approximate surface area is 155 Å². The zero-order valence-corrected chi connectivity index (χ0v) is 15.4. The number of nitrogens with one attached hydrogen (secondary N) is 1. The summed E-state index contributed by atoms with van der Waals surface area (Å²) in [6, 6.07) is 9.33. The van der Waals surface area contributed by atoms with Crippen LogP contribution in [0.2, 0.25) is 0 Å². The van der Waals surface area contributed by atoms with E-state index in [1.807, 2.05) is 37.3 Å². The number of amides is 1. The van der Waals surface area contributed by atoms with Crippen molar-refractivity contribution in [2.75, 3.05) is 13.7 Å². The summed E-state index contributed by atoms with van der Waals surface area (Å²) >= 11 is 1.43. The summed E-state index contributed by atoms with van der Waals surface area (Å²) in [5, 5.41) is 5.43. The number of thiazole rings is 1. The molecule has 0 fully saturated rings. The molecule has 3 aromatic rings. The second-order valence-electron chi connectivity index (χ2n) is 5.37. The zero-order valence-electron chi connectivity index (χ0n) is 14.6. The highest BCUT2D eigenvalue weighted by molar-refractivity contribution is 7.13. The molecule has 1 amide bonds. The van der Waals surface area contributed by atoms with Crippen LogP contribution in [0.5, 0.6) is 11.5 Å². The van der Waals surface area contributed by atoms with Crippen LogP contribution in [0.1, 0.15) is 23.0 Å². The number of carbonyl (C=O) groups excluding carboxylic acids is 1. The molecule has 134 valence electrons. The molecule has 0 unspecified atom stereocenters. The van der Waals surface area contributed by atoms with Crippen molar-refractivity contribution in [2.45, 2.75) is 13.5 Å². The molecule has 7 heteroatoms. The van der Waals surface area contributed by atoms with E-state index in [9.17, 15) is 4.79 Å². The first kappa shape index (κ1) is 17.9. The fourth-order valence-electron chi connectivity index (χ4n) is 2.37. The minimum absolute atomic E-state index is 0.214. The van der Waals surface area contributed by atoms with Gasteiger partial charge in [0.1, 0.15) is 10.7 Å². The van der Waals surface area contributed by atoms with E-state index in [0.717, 1.165) is 16.1 Å². The Morgan fingerprint density at radius 2 is 2.00 bits per heavy atom. The van der Waals surface area contributed by atoms with Gasteiger partial charge in [0, 0.05) is 29.9 Å². The van der Waals surface area contributed by atoms with Crippen molar-refractivity contribution in [2.24, 2.45) is 0 Å². The van der Waals surface area contributed by atoms with Crippen LogP contribution in [0, 0.1) is 0 Å². The number of carbonyl (C=O) groups is 1. The lowest BCUT2D eigenvalue weighted by molar-refractivity contribution is 0.0946. The van der Waals surface area contributed by atoms with E-state index in [1.165, 1.54) is 11.3 Å². The molecule has 0 spiro atoms. The van der Waals surface area contributed by atoms with Crippen LogP contribution in [0.3, 0.4) is 0 Å². The van der Waals surface area contributed by atoms with E-state index in [1.54, 1.807) is 24.9 Å². The van der Waals surface area contributed by atoms with Gasteiger partial charge in [-0.15, -0.1) is 11.3 Å². The van der Waals surface area contributed by atoms with Gasteiger partial charge in [-0.1, -0.05) is 6.07 Å². The van der Waals surface area contributed by atoms with Crippen molar-refractivity contribution in [1.29, 1.82) is 0 Å². The molecule has 0 bridgehead atoms. The number of hydrogen-bond acceptors (Lipinski definition) is 6. The Morgan fingerprint density at radius 1 is 1.19 bits per heavy atom. The van der Waals surface area contributed by atoms with E-state index in [4.69, 9.17) is 9.47 Å². The number of benzene rings is 1. The topological polar surface area (TPSA) is 73.3 Å². The molecule has 2 aromatic heterocycles. The molecule has 6 nitrogen and oxygen atoms in total. The summed E-state index contributed by atoms with van der Waals surface area (Å²) in [4.78, 5) is 20.7. The van der Waals surface area contributed by atoms with Gasteiger partial charge in [-0.3, -0.25) is 9.78 Å². The molecule has 3 rings (SSSR count). The SMILES string of the molecule is CCOc1ccc(CNC(=O)c2csc(-c3ccncc3)n2)cc1OC. The molecular formula is C19H19N3O3S. The van der Waals surface area contributed by atoms with Crippen molar-refractivity contribution < 1.29 is 14.3 Å². The van der Waals surface area contributed by atoms with Gasteiger partial charge in [0.05, 0.1) is 13.7 Å². The lowest BCUT2D eigenvalue weighted by atomic mass is 10.2. The molecule has 1 aromatic carbocycles. The number of ether oxygens (including phenoxy) is 2. The van der Waals surface area contributed by atoms with Crippen molar-refractivity contribution >= 4 is 17.2 Å². The Morgan fingerprint density at radius 3 is 2.73 bits per heavy atom. The number of hydrogen-bond donors (Lipinski definition) is 1. The fourth-order valence-corrected chi connectivity index (χ4v) is 3.18. The molecule has 0 aliphatic rings. The summed E-state index contributed by atoms with van der Waals surface area (Å²) in [7, 11) is 1.59. The molecule has 26 heavy (non-hydrogen) atoms. The first-order chi connectivity index (χ1) is 12.7. The molecule has 1 N–H and O–H groups in total. The van der Waals surface area contributed by atoms with Crippen LogP contribution in [0.15, 0.2) is 48.1 Å². The van der Waals surface area contributed by atoms with Crippen molar-refractivity contribution in [3.05, 3.63) is 59.4 Å². The predicted octanol–water partition coefficient (Wildman–Crippen LogP) is 3.54. The summed E-state index contributed by atoms with van der Waals surface area (Å²) < 4.78 is 10.8. The van der Waals surface area contributed by atoms with Crippen LogP contribution >= 0.6 is 11.3 Å². The minimum Gasteiger partial charge on any atom is -0.493 e. The van der Waals surface area contributed by atoms with Crippen LogP contribution in [-0.2, 0) is 6.54 Å². The number of aromatic nitrogens is 2. The Kier molecular flexibility index (Phi) is 5.80. The second-order valence-corrected chi connectivity index (χ2v) is 6.23. The van der Waals surface area contributed by atoms with Crippen molar-refractivity contribution in [1.82, 2.24) is 15.3 Å². The standard InChI is InChI=1S/C19H19N3O3S/c1-3-25-16-5-4-13(10-17(16)24-2)11-21-18(23)15-12-26-19(22-15)14-6-8-20-9-7-14/h4-10,12H,3,11H2,1-2H3,(H,21,23). The highest BCUT2D eigenvalue weighted by Gasteiger charge is 2.12. The lowest BCUT2D eigenvalue weighted by Crippen LogP contribution is -2.23. The summed E-state index contributed by atoms with van der Waals surface area (Å²) in [6.45, 7) is 2.86. The van der Waals surface area contributed by atoms with Gasteiger partial charge in [-0.2, -0.15) is 0 Å². The average Bonchev–Trinajstić information content (AvgIpc) is 3.18. The molecule has 0 atom stereocenters. The van der Waals surface area contributed by atoms with E-state index in [0.29, 0.717) is 30.3 Å². The van der Waals surface area contributed by atoms with Gasteiger partial charge in [-0.25, -0.2) is 4.98 Å². The van der Waals surface area contributed by atoms with Gasteiger partial charge in [-0.05, 0) is 36.8 Å². The largest absolute Gasteiger partial charge is 0.493 e. The highest BCUT2D eigenvalue weighted by atomic mass is 32.1. The molecule has 0 radical (unpaired) electrons. The highest BCUT2D eigenvalue weighted by Crippen LogP contribution is 2.28. The first-order valence-corrected chi connectivity index (χ1v) is 9.03. The molecule has 0 saturated carbocycles. The molecular weight excluding hydrogens is 350 g/mol. The van der Waals surface area contributed by atoms with Gasteiger partial charge >= 0.3 is 0 Å². The fraction of sp³-hybridized carbons (Fsp3) is 0.211. The van der Waals surface area contributed by atoms with Gasteiger partial charge in [0.15, 0.2) is 11.5 Å². The normalized spacial score (nSPS) is 10.4. The second kappa shape index (κ2) is 8.44.